The molecular weight excluding hydrogens is 248 g/mol. The van der Waals surface area contributed by atoms with E-state index in [1.165, 1.54) is 5.56 Å². The van der Waals surface area contributed by atoms with Crippen LogP contribution < -0.4 is 10.6 Å². The number of nitrogens with zero attached hydrogens (tertiary/aromatic N) is 1. The highest BCUT2D eigenvalue weighted by Crippen LogP contribution is 2.23. The van der Waals surface area contributed by atoms with Crippen LogP contribution in [-0.4, -0.2) is 19.5 Å². The van der Waals surface area contributed by atoms with E-state index in [4.69, 9.17) is 5.73 Å². The molecule has 1 amide bonds. The molecule has 3 heteroatoms. The summed E-state index contributed by atoms with van der Waals surface area (Å²) in [6.45, 7) is 2.21. The Morgan fingerprint density at radius 1 is 1.05 bits per heavy atom. The molecule has 104 valence electrons. The number of rotatable bonds is 4. The average molecular weight is 268 g/mol. The van der Waals surface area contributed by atoms with Gasteiger partial charge in [0.05, 0.1) is 0 Å². The summed E-state index contributed by atoms with van der Waals surface area (Å²) in [5, 5.41) is 0. The van der Waals surface area contributed by atoms with Gasteiger partial charge in [0.2, 0.25) is 5.91 Å². The van der Waals surface area contributed by atoms with Crippen molar-refractivity contribution in [1.29, 1.82) is 0 Å². The van der Waals surface area contributed by atoms with Crippen LogP contribution in [0.2, 0.25) is 0 Å². The Morgan fingerprint density at radius 3 is 2.15 bits per heavy atom. The number of carbonyl (C=O) groups excluding carboxylic acids is 1. The van der Waals surface area contributed by atoms with Gasteiger partial charge in [-0.1, -0.05) is 49.4 Å². The van der Waals surface area contributed by atoms with E-state index in [1.807, 2.05) is 49.4 Å². The summed E-state index contributed by atoms with van der Waals surface area (Å²) >= 11 is 0. The van der Waals surface area contributed by atoms with Crippen LogP contribution in [0, 0.1) is 5.92 Å². The number of hydrogen-bond donors (Lipinski definition) is 1. The van der Waals surface area contributed by atoms with Crippen LogP contribution >= 0.6 is 0 Å². The number of carbonyl (C=O) groups is 1. The summed E-state index contributed by atoms with van der Waals surface area (Å²) in [4.78, 5) is 13.7. The first-order valence-corrected chi connectivity index (χ1v) is 6.76. The van der Waals surface area contributed by atoms with Gasteiger partial charge in [-0.25, -0.2) is 0 Å². The molecule has 0 aromatic heterocycles. The van der Waals surface area contributed by atoms with E-state index in [0.29, 0.717) is 6.54 Å². The van der Waals surface area contributed by atoms with Crippen molar-refractivity contribution >= 4 is 11.6 Å². The molecule has 0 bridgehead atoms. The summed E-state index contributed by atoms with van der Waals surface area (Å²) in [5.74, 6) is -0.117. The maximum atomic E-state index is 12.1. The van der Waals surface area contributed by atoms with Crippen molar-refractivity contribution in [3.63, 3.8) is 0 Å². The maximum absolute atomic E-state index is 12.1. The molecule has 2 aromatic rings. The van der Waals surface area contributed by atoms with Crippen LogP contribution in [0.1, 0.15) is 6.92 Å². The predicted molar refractivity (Wildman–Crippen MR) is 83.5 cm³/mol. The summed E-state index contributed by atoms with van der Waals surface area (Å²) in [6.07, 6.45) is 0. The van der Waals surface area contributed by atoms with Crippen LogP contribution in [-0.2, 0) is 4.79 Å². The molecule has 1 unspecified atom stereocenters. The van der Waals surface area contributed by atoms with Gasteiger partial charge in [0.1, 0.15) is 0 Å². The van der Waals surface area contributed by atoms with Gasteiger partial charge in [0.15, 0.2) is 0 Å². The van der Waals surface area contributed by atoms with E-state index in [-0.39, 0.29) is 11.8 Å². The molecule has 0 saturated carbocycles. The monoisotopic (exact) mass is 268 g/mol. The zero-order chi connectivity index (χ0) is 14.5. The zero-order valence-corrected chi connectivity index (χ0v) is 11.9. The van der Waals surface area contributed by atoms with Crippen LogP contribution in [0.15, 0.2) is 54.6 Å². The first kappa shape index (κ1) is 14.3. The number of amides is 1. The first-order valence-electron chi connectivity index (χ1n) is 6.76. The Hall–Kier alpha value is -2.13. The first-order chi connectivity index (χ1) is 9.63. The predicted octanol–water partition coefficient (Wildman–Crippen LogP) is 2.91. The minimum atomic E-state index is -0.159. The molecule has 0 aliphatic carbocycles. The fraction of sp³-hybridized carbons (Fsp3) is 0.235. The molecule has 0 saturated heterocycles. The van der Waals surface area contributed by atoms with Crippen molar-refractivity contribution in [2.45, 2.75) is 6.92 Å². The molecule has 0 radical (unpaired) electrons. The van der Waals surface area contributed by atoms with Crippen molar-refractivity contribution in [3.8, 4) is 11.1 Å². The lowest BCUT2D eigenvalue weighted by Crippen LogP contribution is -2.35. The SMILES string of the molecule is CC(CN)C(=O)N(C)c1ccc(-c2ccccc2)cc1. The molecule has 2 aromatic carbocycles. The lowest BCUT2D eigenvalue weighted by Gasteiger charge is -2.21. The fourth-order valence-corrected chi connectivity index (χ4v) is 2.07. The van der Waals surface area contributed by atoms with Crippen LogP contribution in [0.5, 0.6) is 0 Å². The summed E-state index contributed by atoms with van der Waals surface area (Å²) in [7, 11) is 1.78. The fourth-order valence-electron chi connectivity index (χ4n) is 2.07. The zero-order valence-electron chi connectivity index (χ0n) is 11.9. The van der Waals surface area contributed by atoms with E-state index < -0.39 is 0 Å². The Labute approximate surface area is 120 Å². The average Bonchev–Trinajstić information content (AvgIpc) is 2.53. The number of hydrogen-bond acceptors (Lipinski definition) is 2. The van der Waals surface area contributed by atoms with Crippen molar-refractivity contribution in [1.82, 2.24) is 0 Å². The van der Waals surface area contributed by atoms with Gasteiger partial charge < -0.3 is 10.6 Å². The molecule has 20 heavy (non-hydrogen) atoms. The quantitative estimate of drug-likeness (QED) is 0.926. The molecule has 0 heterocycles. The number of anilines is 1. The van der Waals surface area contributed by atoms with Gasteiger partial charge in [0.25, 0.3) is 0 Å². The number of benzene rings is 2. The molecule has 0 aliphatic rings. The molecule has 3 nitrogen and oxygen atoms in total. The van der Waals surface area contributed by atoms with Crippen LogP contribution in [0.4, 0.5) is 5.69 Å². The molecule has 2 N–H and O–H groups in total. The highest BCUT2D eigenvalue weighted by atomic mass is 16.2. The maximum Gasteiger partial charge on any atom is 0.230 e. The van der Waals surface area contributed by atoms with Gasteiger partial charge in [-0.3, -0.25) is 4.79 Å². The van der Waals surface area contributed by atoms with E-state index in [0.717, 1.165) is 11.3 Å². The van der Waals surface area contributed by atoms with E-state index in [2.05, 4.69) is 12.1 Å². The third-order valence-corrected chi connectivity index (χ3v) is 3.47. The third kappa shape index (κ3) is 3.06. The molecule has 1 atom stereocenters. The van der Waals surface area contributed by atoms with Crippen molar-refractivity contribution < 1.29 is 4.79 Å². The smallest absolute Gasteiger partial charge is 0.230 e. The standard InChI is InChI=1S/C17H20N2O/c1-13(12-18)17(20)19(2)16-10-8-15(9-11-16)14-6-4-3-5-7-14/h3-11,13H,12,18H2,1-2H3. The van der Waals surface area contributed by atoms with Gasteiger partial charge >= 0.3 is 0 Å². The van der Waals surface area contributed by atoms with Crippen LogP contribution in [0.3, 0.4) is 0 Å². The second-order valence-corrected chi connectivity index (χ2v) is 4.95. The normalized spacial score (nSPS) is 11.9. The Bertz CT molecular complexity index is 563. The summed E-state index contributed by atoms with van der Waals surface area (Å²) in [5.41, 5.74) is 8.74. The Kier molecular flexibility index (Phi) is 4.53. The molecular formula is C17H20N2O. The second kappa shape index (κ2) is 6.35. The second-order valence-electron chi connectivity index (χ2n) is 4.95. The Balaban J connectivity index is 2.18. The molecule has 0 fully saturated rings. The lowest BCUT2D eigenvalue weighted by atomic mass is 10.0. The minimum Gasteiger partial charge on any atom is -0.330 e. The Morgan fingerprint density at radius 2 is 1.60 bits per heavy atom. The van der Waals surface area contributed by atoms with Crippen LogP contribution in [0.25, 0.3) is 11.1 Å². The van der Waals surface area contributed by atoms with Crippen molar-refractivity contribution in [2.24, 2.45) is 11.7 Å². The highest BCUT2D eigenvalue weighted by molar-refractivity contribution is 5.94. The van der Waals surface area contributed by atoms with Crippen molar-refractivity contribution in [2.75, 3.05) is 18.5 Å². The minimum absolute atomic E-state index is 0.0416. The lowest BCUT2D eigenvalue weighted by molar-refractivity contribution is -0.121. The van der Waals surface area contributed by atoms with Crippen molar-refractivity contribution in [3.05, 3.63) is 54.6 Å². The largest absolute Gasteiger partial charge is 0.330 e. The molecule has 2 rings (SSSR count). The number of nitrogens with two attached hydrogens (primary N) is 1. The van der Waals surface area contributed by atoms with Gasteiger partial charge in [-0.15, -0.1) is 0 Å². The van der Waals surface area contributed by atoms with E-state index in [9.17, 15) is 4.79 Å². The molecule has 0 spiro atoms. The summed E-state index contributed by atoms with van der Waals surface area (Å²) in [6, 6.07) is 18.2. The highest BCUT2D eigenvalue weighted by Gasteiger charge is 2.17. The summed E-state index contributed by atoms with van der Waals surface area (Å²) < 4.78 is 0. The van der Waals surface area contributed by atoms with Gasteiger partial charge in [0, 0.05) is 25.2 Å². The van der Waals surface area contributed by atoms with Gasteiger partial charge in [-0.2, -0.15) is 0 Å². The van der Waals surface area contributed by atoms with E-state index >= 15 is 0 Å². The topological polar surface area (TPSA) is 46.3 Å². The third-order valence-electron chi connectivity index (χ3n) is 3.47. The van der Waals surface area contributed by atoms with E-state index in [1.54, 1.807) is 11.9 Å². The molecule has 0 aliphatic heterocycles. The van der Waals surface area contributed by atoms with Gasteiger partial charge in [-0.05, 0) is 23.3 Å².